The van der Waals surface area contributed by atoms with E-state index in [9.17, 15) is 9.18 Å². The first-order valence-corrected chi connectivity index (χ1v) is 6.66. The van der Waals surface area contributed by atoms with Crippen LogP contribution in [0.1, 0.15) is 24.9 Å². The molecule has 2 atom stereocenters. The summed E-state index contributed by atoms with van der Waals surface area (Å²) in [6.07, 6.45) is 0.291. The van der Waals surface area contributed by atoms with Crippen molar-refractivity contribution in [2.75, 3.05) is 25.1 Å². The third kappa shape index (κ3) is 3.01. The van der Waals surface area contributed by atoms with Crippen LogP contribution in [0.2, 0.25) is 0 Å². The number of carbonyl (C=O) groups excluding carboxylic acids is 1. The summed E-state index contributed by atoms with van der Waals surface area (Å²) in [4.78, 5) is 13.1. The zero-order valence-corrected chi connectivity index (χ0v) is 11.7. The lowest BCUT2D eigenvalue weighted by molar-refractivity contribution is 0.167. The average Bonchev–Trinajstić information content (AvgIpc) is 2.86. The molecule has 1 unspecified atom stereocenters. The summed E-state index contributed by atoms with van der Waals surface area (Å²) >= 11 is 0. The molecular weight excluding hydrogens is 261 g/mol. The van der Waals surface area contributed by atoms with E-state index in [1.807, 2.05) is 17.9 Å². The molecule has 1 aromatic carbocycles. The van der Waals surface area contributed by atoms with E-state index in [0.29, 0.717) is 18.8 Å². The number of anilines is 1. The first-order chi connectivity index (χ1) is 9.52. The van der Waals surface area contributed by atoms with Gasteiger partial charge in [0.1, 0.15) is 5.82 Å². The van der Waals surface area contributed by atoms with E-state index in [1.165, 1.54) is 13.2 Å². The van der Waals surface area contributed by atoms with Gasteiger partial charge < -0.3 is 20.7 Å². The topological polar surface area (TPSA) is 67.6 Å². The molecule has 6 heteroatoms. The maximum absolute atomic E-state index is 14.1. The largest absolute Gasteiger partial charge is 0.453 e. The van der Waals surface area contributed by atoms with Crippen molar-refractivity contribution in [1.29, 1.82) is 0 Å². The molecule has 1 saturated heterocycles. The van der Waals surface area contributed by atoms with Gasteiger partial charge >= 0.3 is 6.09 Å². The van der Waals surface area contributed by atoms with Crippen molar-refractivity contribution < 1.29 is 13.9 Å². The molecule has 2 rings (SSSR count). The van der Waals surface area contributed by atoms with Crippen molar-refractivity contribution in [2.24, 2.45) is 5.73 Å². The predicted octanol–water partition coefficient (Wildman–Crippen LogP) is 1.78. The number of benzene rings is 1. The van der Waals surface area contributed by atoms with Crippen LogP contribution in [0, 0.1) is 5.82 Å². The van der Waals surface area contributed by atoms with Crippen LogP contribution >= 0.6 is 0 Å². The zero-order chi connectivity index (χ0) is 14.7. The monoisotopic (exact) mass is 281 g/mol. The molecule has 0 spiro atoms. The lowest BCUT2D eigenvalue weighted by atomic mass is 10.1. The first kappa shape index (κ1) is 14.6. The standard InChI is InChI=1S/C14H20FN3O2/c1-9(16)11-4-3-5-12(15)13(11)18-7-6-10(8-18)17-14(19)20-2/h3-5,9-10H,6-8,16H2,1-2H3,(H,17,19)/t9-,10?/m1/s1. The molecule has 1 amide bonds. The average molecular weight is 281 g/mol. The van der Waals surface area contributed by atoms with E-state index in [0.717, 1.165) is 12.0 Å². The Labute approximate surface area is 117 Å². The maximum Gasteiger partial charge on any atom is 0.407 e. The highest BCUT2D eigenvalue weighted by Gasteiger charge is 2.28. The van der Waals surface area contributed by atoms with Gasteiger partial charge in [-0.05, 0) is 25.0 Å². The van der Waals surface area contributed by atoms with Crippen molar-refractivity contribution in [3.8, 4) is 0 Å². The van der Waals surface area contributed by atoms with Gasteiger partial charge in [0.15, 0.2) is 0 Å². The summed E-state index contributed by atoms with van der Waals surface area (Å²) < 4.78 is 18.7. The summed E-state index contributed by atoms with van der Waals surface area (Å²) in [6.45, 7) is 3.06. The van der Waals surface area contributed by atoms with Crippen molar-refractivity contribution >= 4 is 11.8 Å². The molecular formula is C14H20FN3O2. The number of hydrogen-bond donors (Lipinski definition) is 2. The van der Waals surface area contributed by atoms with Crippen LogP contribution in [-0.4, -0.2) is 32.3 Å². The lowest BCUT2D eigenvalue weighted by Crippen LogP contribution is -2.37. The molecule has 1 aliphatic heterocycles. The van der Waals surface area contributed by atoms with Gasteiger partial charge in [-0.15, -0.1) is 0 Å². The minimum absolute atomic E-state index is 0.0389. The Hall–Kier alpha value is -1.82. The smallest absolute Gasteiger partial charge is 0.407 e. The fraction of sp³-hybridized carbons (Fsp3) is 0.500. The second kappa shape index (κ2) is 6.09. The summed E-state index contributed by atoms with van der Waals surface area (Å²) in [6, 6.07) is 4.65. The number of ether oxygens (including phenoxy) is 1. The van der Waals surface area contributed by atoms with Crippen LogP contribution in [0.5, 0.6) is 0 Å². The van der Waals surface area contributed by atoms with Crippen molar-refractivity contribution in [3.63, 3.8) is 0 Å². The van der Waals surface area contributed by atoms with Crippen LogP contribution < -0.4 is 16.0 Å². The van der Waals surface area contributed by atoms with Crippen LogP contribution in [0.25, 0.3) is 0 Å². The van der Waals surface area contributed by atoms with Gasteiger partial charge in [-0.25, -0.2) is 9.18 Å². The van der Waals surface area contributed by atoms with Gasteiger partial charge in [-0.2, -0.15) is 0 Å². The quantitative estimate of drug-likeness (QED) is 0.886. The fourth-order valence-corrected chi connectivity index (χ4v) is 2.54. The summed E-state index contributed by atoms with van der Waals surface area (Å²) in [7, 11) is 1.33. The highest BCUT2D eigenvalue weighted by atomic mass is 19.1. The molecule has 5 nitrogen and oxygen atoms in total. The van der Waals surface area contributed by atoms with Gasteiger partial charge in [-0.3, -0.25) is 0 Å². The van der Waals surface area contributed by atoms with Crippen LogP contribution in [-0.2, 0) is 4.74 Å². The Balaban J connectivity index is 2.16. The van der Waals surface area contributed by atoms with Gasteiger partial charge in [0.25, 0.3) is 0 Å². The van der Waals surface area contributed by atoms with Crippen molar-refractivity contribution in [2.45, 2.75) is 25.4 Å². The van der Waals surface area contributed by atoms with E-state index in [2.05, 4.69) is 10.1 Å². The van der Waals surface area contributed by atoms with E-state index in [4.69, 9.17) is 5.73 Å². The number of para-hydroxylation sites is 1. The van der Waals surface area contributed by atoms with E-state index in [1.54, 1.807) is 6.07 Å². The van der Waals surface area contributed by atoms with E-state index in [-0.39, 0.29) is 17.9 Å². The number of hydrogen-bond acceptors (Lipinski definition) is 4. The maximum atomic E-state index is 14.1. The van der Waals surface area contributed by atoms with Crippen LogP contribution in [0.3, 0.4) is 0 Å². The minimum Gasteiger partial charge on any atom is -0.453 e. The molecule has 3 N–H and O–H groups in total. The molecule has 0 aromatic heterocycles. The Kier molecular flexibility index (Phi) is 4.44. The number of nitrogens with two attached hydrogens (primary N) is 1. The minimum atomic E-state index is -0.460. The molecule has 1 heterocycles. The lowest BCUT2D eigenvalue weighted by Gasteiger charge is -2.24. The number of rotatable bonds is 3. The SMILES string of the molecule is COC(=O)NC1CCN(c2c(F)cccc2[C@@H](C)N)C1. The normalized spacial score (nSPS) is 19.8. The number of methoxy groups -OCH3 is 1. The second-order valence-corrected chi connectivity index (χ2v) is 5.03. The third-order valence-electron chi connectivity index (χ3n) is 3.52. The second-order valence-electron chi connectivity index (χ2n) is 5.03. The molecule has 1 aromatic rings. The zero-order valence-electron chi connectivity index (χ0n) is 11.7. The predicted molar refractivity (Wildman–Crippen MR) is 75.2 cm³/mol. The van der Waals surface area contributed by atoms with E-state index < -0.39 is 6.09 Å². The number of carbonyl (C=O) groups is 1. The van der Waals surface area contributed by atoms with Crippen molar-refractivity contribution in [1.82, 2.24) is 5.32 Å². The Morgan fingerprint density at radius 2 is 2.35 bits per heavy atom. The highest BCUT2D eigenvalue weighted by molar-refractivity contribution is 5.68. The molecule has 1 fully saturated rings. The highest BCUT2D eigenvalue weighted by Crippen LogP contribution is 2.30. The van der Waals surface area contributed by atoms with Gasteiger partial charge in [0, 0.05) is 19.1 Å². The summed E-state index contributed by atoms with van der Waals surface area (Å²) in [5.41, 5.74) is 7.22. The molecule has 0 saturated carbocycles. The van der Waals surface area contributed by atoms with Crippen LogP contribution in [0.15, 0.2) is 18.2 Å². The number of amides is 1. The fourth-order valence-electron chi connectivity index (χ4n) is 2.54. The molecule has 20 heavy (non-hydrogen) atoms. The molecule has 0 radical (unpaired) electrons. The molecule has 110 valence electrons. The number of alkyl carbamates (subject to hydrolysis) is 1. The third-order valence-corrected chi connectivity index (χ3v) is 3.52. The van der Waals surface area contributed by atoms with Gasteiger partial charge in [-0.1, -0.05) is 12.1 Å². The Bertz CT molecular complexity index is 493. The van der Waals surface area contributed by atoms with Crippen molar-refractivity contribution in [3.05, 3.63) is 29.6 Å². The van der Waals surface area contributed by atoms with E-state index >= 15 is 0 Å². The van der Waals surface area contributed by atoms with Crippen LogP contribution in [0.4, 0.5) is 14.9 Å². The number of nitrogens with one attached hydrogen (secondary N) is 1. The Morgan fingerprint density at radius 1 is 1.60 bits per heavy atom. The number of halogens is 1. The van der Waals surface area contributed by atoms with Gasteiger partial charge in [0.05, 0.1) is 18.8 Å². The summed E-state index contributed by atoms with van der Waals surface area (Å²) in [5.74, 6) is -0.279. The van der Waals surface area contributed by atoms with Gasteiger partial charge in [0.2, 0.25) is 0 Å². The molecule has 0 aliphatic carbocycles. The summed E-state index contributed by atoms with van der Waals surface area (Å²) in [5, 5.41) is 2.74. The molecule has 1 aliphatic rings. The Morgan fingerprint density at radius 3 is 3.00 bits per heavy atom. The number of nitrogens with zero attached hydrogens (tertiary/aromatic N) is 1. The first-order valence-electron chi connectivity index (χ1n) is 6.66. The molecule has 0 bridgehead atoms.